The third kappa shape index (κ3) is 2.82. The van der Waals surface area contributed by atoms with Crippen LogP contribution in [0.4, 0.5) is 0 Å². The SMILES string of the molecule is C=CCc1ccc(Oc2ccnnn2)c(OC)c1. The van der Waals surface area contributed by atoms with Crippen LogP contribution in [0.3, 0.4) is 0 Å². The minimum atomic E-state index is 0.375. The van der Waals surface area contributed by atoms with Crippen molar-refractivity contribution in [3.63, 3.8) is 0 Å². The number of nitrogens with zero attached hydrogens (tertiary/aromatic N) is 3. The van der Waals surface area contributed by atoms with Crippen LogP contribution in [0.1, 0.15) is 5.56 Å². The highest BCUT2D eigenvalue weighted by Gasteiger charge is 2.07. The molecule has 2 rings (SSSR count). The lowest BCUT2D eigenvalue weighted by molar-refractivity contribution is 0.371. The highest BCUT2D eigenvalue weighted by atomic mass is 16.5. The van der Waals surface area contributed by atoms with Gasteiger partial charge in [-0.2, -0.15) is 0 Å². The van der Waals surface area contributed by atoms with E-state index in [0.29, 0.717) is 17.4 Å². The van der Waals surface area contributed by atoms with Crippen molar-refractivity contribution in [2.75, 3.05) is 7.11 Å². The summed E-state index contributed by atoms with van der Waals surface area (Å²) >= 11 is 0. The maximum Gasteiger partial charge on any atom is 0.242 e. The molecule has 1 aromatic heterocycles. The quantitative estimate of drug-likeness (QED) is 0.755. The van der Waals surface area contributed by atoms with Gasteiger partial charge in [-0.05, 0) is 29.3 Å². The normalized spacial score (nSPS) is 9.83. The predicted octanol–water partition coefficient (Wildman–Crippen LogP) is 2.40. The highest BCUT2D eigenvalue weighted by Crippen LogP contribution is 2.31. The molecule has 5 nitrogen and oxygen atoms in total. The number of hydrogen-bond acceptors (Lipinski definition) is 5. The van der Waals surface area contributed by atoms with Crippen molar-refractivity contribution in [3.05, 3.63) is 48.7 Å². The molecule has 0 atom stereocenters. The van der Waals surface area contributed by atoms with Crippen molar-refractivity contribution in [2.24, 2.45) is 0 Å². The summed E-state index contributed by atoms with van der Waals surface area (Å²) in [6.45, 7) is 3.70. The molecule has 0 saturated heterocycles. The average Bonchev–Trinajstić information content (AvgIpc) is 2.42. The molecule has 92 valence electrons. The van der Waals surface area contributed by atoms with Crippen LogP contribution in [0.25, 0.3) is 0 Å². The average molecular weight is 243 g/mol. The minimum absolute atomic E-state index is 0.375. The standard InChI is InChI=1S/C13H13N3O2/c1-3-4-10-5-6-11(12(9-10)17-2)18-13-7-8-14-16-15-13/h3,5-9H,1,4H2,2H3. The number of allylic oxidation sites excluding steroid dienone is 1. The third-order valence-electron chi connectivity index (χ3n) is 2.30. The lowest BCUT2D eigenvalue weighted by Crippen LogP contribution is -1.95. The van der Waals surface area contributed by atoms with Crippen LogP contribution in [0.15, 0.2) is 43.1 Å². The molecule has 0 aliphatic carbocycles. The van der Waals surface area contributed by atoms with E-state index in [1.807, 2.05) is 24.3 Å². The largest absolute Gasteiger partial charge is 0.493 e. The highest BCUT2D eigenvalue weighted by molar-refractivity contribution is 5.44. The van der Waals surface area contributed by atoms with Crippen molar-refractivity contribution in [2.45, 2.75) is 6.42 Å². The van der Waals surface area contributed by atoms with E-state index in [9.17, 15) is 0 Å². The van der Waals surface area contributed by atoms with E-state index in [1.165, 1.54) is 6.20 Å². The Morgan fingerprint density at radius 3 is 2.83 bits per heavy atom. The molecule has 0 spiro atoms. The Kier molecular flexibility index (Phi) is 3.86. The number of hydrogen-bond donors (Lipinski definition) is 0. The van der Waals surface area contributed by atoms with Crippen LogP contribution in [-0.2, 0) is 6.42 Å². The smallest absolute Gasteiger partial charge is 0.242 e. The maximum absolute atomic E-state index is 5.57. The number of methoxy groups -OCH3 is 1. The van der Waals surface area contributed by atoms with E-state index in [2.05, 4.69) is 22.0 Å². The minimum Gasteiger partial charge on any atom is -0.493 e. The van der Waals surface area contributed by atoms with E-state index in [-0.39, 0.29) is 0 Å². The number of ether oxygens (including phenoxy) is 2. The zero-order valence-corrected chi connectivity index (χ0v) is 10.0. The number of aromatic nitrogens is 3. The van der Waals surface area contributed by atoms with Crippen LogP contribution in [0, 0.1) is 0 Å². The second-order valence-electron chi connectivity index (χ2n) is 3.54. The summed E-state index contributed by atoms with van der Waals surface area (Å²) in [5, 5.41) is 10.8. The van der Waals surface area contributed by atoms with Gasteiger partial charge in [-0.3, -0.25) is 0 Å². The molecule has 0 bridgehead atoms. The molecule has 0 fully saturated rings. The predicted molar refractivity (Wildman–Crippen MR) is 66.8 cm³/mol. The fourth-order valence-corrected chi connectivity index (χ4v) is 1.49. The Morgan fingerprint density at radius 1 is 1.28 bits per heavy atom. The molecule has 1 heterocycles. The van der Waals surface area contributed by atoms with E-state index in [1.54, 1.807) is 13.2 Å². The summed E-state index contributed by atoms with van der Waals surface area (Å²) < 4.78 is 10.9. The van der Waals surface area contributed by atoms with Crippen molar-refractivity contribution in [3.8, 4) is 17.4 Å². The Labute approximate surface area is 105 Å². The Bertz CT molecular complexity index is 529. The van der Waals surface area contributed by atoms with Gasteiger partial charge < -0.3 is 9.47 Å². The first-order valence-electron chi connectivity index (χ1n) is 5.43. The van der Waals surface area contributed by atoms with E-state index in [4.69, 9.17) is 9.47 Å². The monoisotopic (exact) mass is 243 g/mol. The van der Waals surface area contributed by atoms with Gasteiger partial charge in [-0.25, -0.2) is 0 Å². The molecule has 0 aliphatic heterocycles. The second-order valence-corrected chi connectivity index (χ2v) is 3.54. The second kappa shape index (κ2) is 5.77. The molecule has 0 unspecified atom stereocenters. The van der Waals surface area contributed by atoms with Gasteiger partial charge >= 0.3 is 0 Å². The lowest BCUT2D eigenvalue weighted by atomic mass is 10.1. The first kappa shape index (κ1) is 12.0. The molecule has 0 aliphatic rings. The topological polar surface area (TPSA) is 57.1 Å². The van der Waals surface area contributed by atoms with Crippen LogP contribution in [-0.4, -0.2) is 22.5 Å². The molecular weight excluding hydrogens is 230 g/mol. The summed E-state index contributed by atoms with van der Waals surface area (Å²) in [5.74, 6) is 1.61. The van der Waals surface area contributed by atoms with Crippen LogP contribution < -0.4 is 9.47 Å². The molecule has 18 heavy (non-hydrogen) atoms. The summed E-state index contributed by atoms with van der Waals surface area (Å²) in [4.78, 5) is 0. The fraction of sp³-hybridized carbons (Fsp3) is 0.154. The van der Waals surface area contributed by atoms with Gasteiger partial charge in [0.15, 0.2) is 11.5 Å². The van der Waals surface area contributed by atoms with Crippen molar-refractivity contribution in [1.82, 2.24) is 15.4 Å². The Hall–Kier alpha value is -2.43. The lowest BCUT2D eigenvalue weighted by Gasteiger charge is -2.10. The number of benzene rings is 1. The molecular formula is C13H13N3O2. The number of rotatable bonds is 5. The summed E-state index contributed by atoms with van der Waals surface area (Å²) in [5.41, 5.74) is 1.11. The van der Waals surface area contributed by atoms with Gasteiger partial charge in [0.2, 0.25) is 5.88 Å². The summed E-state index contributed by atoms with van der Waals surface area (Å²) in [6, 6.07) is 7.32. The molecule has 5 heteroatoms. The van der Waals surface area contributed by atoms with E-state index < -0.39 is 0 Å². The van der Waals surface area contributed by atoms with Crippen LogP contribution >= 0.6 is 0 Å². The molecule has 0 saturated carbocycles. The first-order valence-corrected chi connectivity index (χ1v) is 5.43. The first-order chi connectivity index (χ1) is 8.83. The van der Waals surface area contributed by atoms with Gasteiger partial charge in [-0.1, -0.05) is 17.2 Å². The van der Waals surface area contributed by atoms with Crippen LogP contribution in [0.5, 0.6) is 17.4 Å². The van der Waals surface area contributed by atoms with Gasteiger partial charge in [0.25, 0.3) is 0 Å². The zero-order valence-electron chi connectivity index (χ0n) is 10.0. The van der Waals surface area contributed by atoms with Crippen molar-refractivity contribution < 1.29 is 9.47 Å². The van der Waals surface area contributed by atoms with E-state index >= 15 is 0 Å². The third-order valence-corrected chi connectivity index (χ3v) is 2.30. The van der Waals surface area contributed by atoms with Gasteiger partial charge in [-0.15, -0.1) is 11.7 Å². The molecule has 2 aromatic rings. The summed E-state index contributed by atoms with van der Waals surface area (Å²) in [6.07, 6.45) is 4.14. The van der Waals surface area contributed by atoms with Crippen LogP contribution in [0.2, 0.25) is 0 Å². The summed E-state index contributed by atoms with van der Waals surface area (Å²) in [7, 11) is 1.60. The van der Waals surface area contributed by atoms with Gasteiger partial charge in [0.1, 0.15) is 0 Å². The van der Waals surface area contributed by atoms with E-state index in [0.717, 1.165) is 12.0 Å². The fourth-order valence-electron chi connectivity index (χ4n) is 1.49. The zero-order chi connectivity index (χ0) is 12.8. The molecule has 0 N–H and O–H groups in total. The van der Waals surface area contributed by atoms with Crippen molar-refractivity contribution in [1.29, 1.82) is 0 Å². The van der Waals surface area contributed by atoms with Crippen molar-refractivity contribution >= 4 is 0 Å². The van der Waals surface area contributed by atoms with Gasteiger partial charge in [0, 0.05) is 6.07 Å². The molecule has 0 amide bonds. The molecule has 1 aromatic carbocycles. The maximum atomic E-state index is 5.57. The Balaban J connectivity index is 2.25. The van der Waals surface area contributed by atoms with Gasteiger partial charge in [0.05, 0.1) is 13.3 Å². The Morgan fingerprint density at radius 2 is 2.17 bits per heavy atom. The molecule has 0 radical (unpaired) electrons.